The maximum absolute atomic E-state index is 13.1. The molecule has 0 radical (unpaired) electrons. The molecule has 1 amide bonds. The molecule has 3 heterocycles. The molecule has 0 fully saturated rings. The first kappa shape index (κ1) is 26.5. The number of carbonyl (C=O) groups excluding carboxylic acids is 2. The molecule has 0 spiro atoms. The highest BCUT2D eigenvalue weighted by atomic mass is 35.5. The molecule has 0 saturated heterocycles. The number of thioether (sulfide) groups is 1. The minimum absolute atomic E-state index is 0.0264. The second-order valence-corrected chi connectivity index (χ2v) is 11.1. The van der Waals surface area contributed by atoms with Crippen LogP contribution in [-0.2, 0) is 9.59 Å². The fourth-order valence-electron chi connectivity index (χ4n) is 4.49. The Balaban J connectivity index is 1.36. The molecule has 0 saturated carbocycles. The predicted molar refractivity (Wildman–Crippen MR) is 144 cm³/mol. The quantitative estimate of drug-likeness (QED) is 0.334. The Kier molecular flexibility index (Phi) is 7.42. The van der Waals surface area contributed by atoms with Crippen LogP contribution in [0.2, 0.25) is 5.02 Å². The summed E-state index contributed by atoms with van der Waals surface area (Å²) in [5.41, 5.74) is 7.97. The second-order valence-electron chi connectivity index (χ2n) is 8.52. The average molecular weight is 583 g/mol. The summed E-state index contributed by atoms with van der Waals surface area (Å²) in [6.07, 6.45) is 3.03. The number of nitrogens with two attached hydrogens (primary N) is 1. The highest BCUT2D eigenvalue weighted by Gasteiger charge is 2.42. The number of rotatable bonds is 7. The van der Waals surface area contributed by atoms with Gasteiger partial charge in [-0.2, -0.15) is 5.26 Å². The molecule has 4 N–H and O–H groups in total. The number of nitriles is 1. The van der Waals surface area contributed by atoms with Gasteiger partial charge in [-0.1, -0.05) is 34.7 Å². The summed E-state index contributed by atoms with van der Waals surface area (Å²) in [7, 11) is 0. The van der Waals surface area contributed by atoms with Gasteiger partial charge in [0.15, 0.2) is 10.1 Å². The van der Waals surface area contributed by atoms with Crippen LogP contribution >= 0.6 is 34.7 Å². The van der Waals surface area contributed by atoms with Crippen molar-refractivity contribution in [3.05, 3.63) is 75.6 Å². The van der Waals surface area contributed by atoms with E-state index < -0.39 is 11.9 Å². The van der Waals surface area contributed by atoms with Gasteiger partial charge in [-0.25, -0.2) is 4.79 Å². The lowest BCUT2D eigenvalue weighted by atomic mass is 9.78. The number of anilines is 2. The number of Topliss-reactive ketones (excluding diaryl/α,β-unsaturated/α-hetero) is 1. The van der Waals surface area contributed by atoms with E-state index >= 15 is 0 Å². The fourth-order valence-corrected chi connectivity index (χ4v) is 6.37. The Labute approximate surface area is 234 Å². The number of carboxylic acids is 1. The van der Waals surface area contributed by atoms with Crippen molar-refractivity contribution in [1.82, 2.24) is 10.2 Å². The molecule has 0 bridgehead atoms. The summed E-state index contributed by atoms with van der Waals surface area (Å²) in [5, 5.41) is 30.7. The molecule has 5 rings (SSSR count). The van der Waals surface area contributed by atoms with E-state index in [2.05, 4.69) is 21.6 Å². The van der Waals surface area contributed by atoms with Crippen molar-refractivity contribution >= 4 is 63.2 Å². The molecule has 2 aromatic heterocycles. The van der Waals surface area contributed by atoms with Crippen LogP contribution in [0.5, 0.6) is 0 Å². The molecular weight excluding hydrogens is 564 g/mol. The van der Waals surface area contributed by atoms with Crippen LogP contribution in [0.3, 0.4) is 0 Å². The molecule has 3 aromatic rings. The van der Waals surface area contributed by atoms with E-state index in [1.165, 1.54) is 35.8 Å². The van der Waals surface area contributed by atoms with Crippen molar-refractivity contribution in [3.63, 3.8) is 0 Å². The summed E-state index contributed by atoms with van der Waals surface area (Å²) >= 11 is 8.17. The molecule has 39 heavy (non-hydrogen) atoms. The van der Waals surface area contributed by atoms with E-state index in [1.54, 1.807) is 17.0 Å². The lowest BCUT2D eigenvalue weighted by Gasteiger charge is -2.37. The summed E-state index contributed by atoms with van der Waals surface area (Å²) < 4.78 is 6.03. The molecule has 2 aliphatic rings. The predicted octanol–water partition coefficient (Wildman–Crippen LogP) is 4.52. The average Bonchev–Trinajstić information content (AvgIpc) is 3.60. The van der Waals surface area contributed by atoms with E-state index in [0.717, 1.165) is 11.8 Å². The first-order valence-corrected chi connectivity index (χ1v) is 13.7. The molecule has 1 unspecified atom stereocenters. The maximum atomic E-state index is 13.1. The molecular formula is C25H19ClN6O5S2. The van der Waals surface area contributed by atoms with Crippen LogP contribution < -0.4 is 16.0 Å². The van der Waals surface area contributed by atoms with Crippen LogP contribution in [0, 0.1) is 11.3 Å². The number of aromatic carboxylic acids is 1. The minimum Gasteiger partial charge on any atom is -0.478 e. The number of nitrogens with one attached hydrogen (secondary N) is 1. The molecule has 1 aliphatic carbocycles. The summed E-state index contributed by atoms with van der Waals surface area (Å²) in [6.45, 7) is 0. The Morgan fingerprint density at radius 3 is 2.87 bits per heavy atom. The zero-order chi connectivity index (χ0) is 27.7. The normalized spacial score (nSPS) is 17.2. The van der Waals surface area contributed by atoms with Crippen molar-refractivity contribution in [2.45, 2.75) is 29.5 Å². The number of amides is 1. The number of allylic oxidation sites excluding steroid dienone is 3. The zero-order valence-electron chi connectivity index (χ0n) is 20.0. The molecule has 1 atom stereocenters. The van der Waals surface area contributed by atoms with Gasteiger partial charge in [0.25, 0.3) is 0 Å². The summed E-state index contributed by atoms with van der Waals surface area (Å²) in [4.78, 5) is 38.4. The van der Waals surface area contributed by atoms with Crippen LogP contribution in [0.4, 0.5) is 10.8 Å². The number of benzene rings is 1. The topological polar surface area (TPSA) is 175 Å². The molecule has 11 nitrogen and oxygen atoms in total. The van der Waals surface area contributed by atoms with Crippen LogP contribution in [0.15, 0.2) is 68.0 Å². The zero-order valence-corrected chi connectivity index (χ0v) is 22.4. The van der Waals surface area contributed by atoms with Gasteiger partial charge >= 0.3 is 5.97 Å². The monoisotopic (exact) mass is 582 g/mol. The third-order valence-electron chi connectivity index (χ3n) is 6.14. The Bertz CT molecular complexity index is 1590. The first-order valence-electron chi connectivity index (χ1n) is 11.6. The van der Waals surface area contributed by atoms with Gasteiger partial charge in [0, 0.05) is 23.4 Å². The number of furan rings is 1. The van der Waals surface area contributed by atoms with Gasteiger partial charge in [0.1, 0.15) is 11.6 Å². The van der Waals surface area contributed by atoms with Gasteiger partial charge in [0.2, 0.25) is 11.0 Å². The van der Waals surface area contributed by atoms with Gasteiger partial charge in [-0.15, -0.1) is 10.2 Å². The van der Waals surface area contributed by atoms with Gasteiger partial charge in [-0.05, 0) is 43.2 Å². The molecule has 1 aliphatic heterocycles. The lowest BCUT2D eigenvalue weighted by Crippen LogP contribution is -2.38. The van der Waals surface area contributed by atoms with Crippen molar-refractivity contribution in [2.24, 2.45) is 5.73 Å². The third-order valence-corrected chi connectivity index (χ3v) is 8.51. The maximum Gasteiger partial charge on any atom is 0.337 e. The Morgan fingerprint density at radius 2 is 2.15 bits per heavy atom. The Morgan fingerprint density at radius 1 is 1.33 bits per heavy atom. The van der Waals surface area contributed by atoms with Crippen LogP contribution in [0.1, 0.15) is 41.3 Å². The van der Waals surface area contributed by atoms with E-state index in [9.17, 15) is 24.8 Å². The number of nitrogens with zero attached hydrogens (tertiary/aromatic N) is 4. The molecule has 14 heteroatoms. The fraction of sp³-hybridized carbons (Fsp3) is 0.200. The largest absolute Gasteiger partial charge is 0.478 e. The van der Waals surface area contributed by atoms with Crippen molar-refractivity contribution in [1.29, 1.82) is 5.26 Å². The summed E-state index contributed by atoms with van der Waals surface area (Å²) in [6, 6.07) is 9.74. The van der Waals surface area contributed by atoms with E-state index in [-0.39, 0.29) is 39.4 Å². The summed E-state index contributed by atoms with van der Waals surface area (Å²) in [5.74, 6) is -1.77. The second kappa shape index (κ2) is 10.9. The van der Waals surface area contributed by atoms with E-state index in [1.807, 2.05) is 0 Å². The number of carboxylic acid groups (broad SMARTS) is 1. The third kappa shape index (κ3) is 5.14. The molecule has 198 valence electrons. The lowest BCUT2D eigenvalue weighted by molar-refractivity contribution is -0.116. The number of aromatic nitrogens is 2. The van der Waals surface area contributed by atoms with Crippen LogP contribution in [-0.4, -0.2) is 38.7 Å². The van der Waals surface area contributed by atoms with Crippen LogP contribution in [0.25, 0.3) is 0 Å². The minimum atomic E-state index is -1.20. The number of hydrogen-bond acceptors (Lipinski definition) is 11. The highest BCUT2D eigenvalue weighted by Crippen LogP contribution is 2.47. The van der Waals surface area contributed by atoms with Crippen molar-refractivity contribution in [3.8, 4) is 6.07 Å². The van der Waals surface area contributed by atoms with Gasteiger partial charge in [-0.3, -0.25) is 14.5 Å². The van der Waals surface area contributed by atoms with E-state index in [4.69, 9.17) is 21.8 Å². The van der Waals surface area contributed by atoms with Gasteiger partial charge < -0.3 is 20.6 Å². The van der Waals surface area contributed by atoms with E-state index in [0.29, 0.717) is 51.5 Å². The van der Waals surface area contributed by atoms with Gasteiger partial charge in [0.05, 0.1) is 40.2 Å². The number of hydrogen-bond donors (Lipinski definition) is 3. The van der Waals surface area contributed by atoms with Crippen molar-refractivity contribution in [2.75, 3.05) is 16.0 Å². The number of halogens is 1. The Hall–Kier alpha value is -4.12. The highest BCUT2D eigenvalue weighted by molar-refractivity contribution is 8.01. The number of ketones is 1. The smallest absolute Gasteiger partial charge is 0.337 e. The SMILES string of the molecule is N#CC1=C(N)N(c2nnc(SCC(=O)Nc3ccc(Cl)c(C(=O)O)c3)s2)C2=C(C(=O)CCC2)C1c1ccco1. The number of carbonyl (C=O) groups is 3. The van der Waals surface area contributed by atoms with Crippen molar-refractivity contribution < 1.29 is 23.9 Å². The first-order chi connectivity index (χ1) is 18.8. The molecule has 1 aromatic carbocycles. The standard InChI is InChI=1S/C25H19ClN6O5S2/c26-15-7-6-12(9-13(15)23(35)36)29-19(34)11-38-25-31-30-24(39-25)32-16-3-1-4-17(33)21(16)20(14(10-27)22(32)28)18-5-2-8-37-18/h2,5-9,20H,1,3-4,11,28H2,(H,29,34)(H,35,36).